The van der Waals surface area contributed by atoms with Gasteiger partial charge in [-0.05, 0) is 29.5 Å². The molecular formula is C18H16ClNO. The largest absolute Gasteiger partial charge is 0.469 e. The van der Waals surface area contributed by atoms with Crippen molar-refractivity contribution in [3.8, 4) is 5.88 Å². The molecular weight excluding hydrogens is 282 g/mol. The molecule has 3 aromatic rings. The van der Waals surface area contributed by atoms with Gasteiger partial charge in [0, 0.05) is 17.5 Å². The Morgan fingerprint density at radius 2 is 1.67 bits per heavy atom. The summed E-state index contributed by atoms with van der Waals surface area (Å²) in [6.07, 6.45) is 1.74. The molecule has 0 saturated heterocycles. The van der Waals surface area contributed by atoms with Crippen LogP contribution in [0.25, 0.3) is 10.8 Å². The zero-order valence-electron chi connectivity index (χ0n) is 11.8. The van der Waals surface area contributed by atoms with E-state index in [2.05, 4.69) is 23.2 Å². The van der Waals surface area contributed by atoms with Crippen LogP contribution in [0.2, 0.25) is 0 Å². The van der Waals surface area contributed by atoms with Crippen LogP contribution < -0.4 is 4.74 Å². The van der Waals surface area contributed by atoms with Gasteiger partial charge in [0.05, 0.1) is 0 Å². The van der Waals surface area contributed by atoms with E-state index in [9.17, 15) is 0 Å². The molecule has 106 valence electrons. The molecule has 0 bridgehead atoms. The Hall–Kier alpha value is -2.06. The van der Waals surface area contributed by atoms with Gasteiger partial charge < -0.3 is 4.74 Å². The summed E-state index contributed by atoms with van der Waals surface area (Å²) in [5.74, 6) is 1.10. The quantitative estimate of drug-likeness (QED) is 0.624. The van der Waals surface area contributed by atoms with Crippen molar-refractivity contribution in [1.82, 2.24) is 4.98 Å². The second-order valence-electron chi connectivity index (χ2n) is 4.94. The highest BCUT2D eigenvalue weighted by Crippen LogP contribution is 2.30. The summed E-state index contributed by atoms with van der Waals surface area (Å²) in [6, 6.07) is 18.2. The lowest BCUT2D eigenvalue weighted by molar-refractivity contribution is 0.220. The monoisotopic (exact) mass is 297 g/mol. The van der Waals surface area contributed by atoms with Gasteiger partial charge in [0.25, 0.3) is 0 Å². The fourth-order valence-electron chi connectivity index (χ4n) is 2.39. The standard InChI is InChI=1S/C18H16ClNO/c1-13(14-7-3-2-4-8-14)21-18-17-10-6-5-9-16(17)15(11-19)12-20-18/h2-10,12-13H,11H2,1H3. The number of halogens is 1. The van der Waals surface area contributed by atoms with E-state index in [1.165, 1.54) is 0 Å². The van der Waals surface area contributed by atoms with Crippen LogP contribution >= 0.6 is 11.6 Å². The Balaban J connectivity index is 1.98. The fourth-order valence-corrected chi connectivity index (χ4v) is 2.60. The molecule has 2 nitrogen and oxygen atoms in total. The molecule has 0 amide bonds. The van der Waals surface area contributed by atoms with E-state index >= 15 is 0 Å². The van der Waals surface area contributed by atoms with Crippen molar-refractivity contribution >= 4 is 22.4 Å². The highest BCUT2D eigenvalue weighted by molar-refractivity contribution is 6.18. The van der Waals surface area contributed by atoms with Crippen molar-refractivity contribution in [1.29, 1.82) is 0 Å². The first-order valence-corrected chi connectivity index (χ1v) is 7.47. The molecule has 1 atom stereocenters. The molecule has 0 spiro atoms. The van der Waals surface area contributed by atoms with Crippen molar-refractivity contribution in [3.63, 3.8) is 0 Å². The van der Waals surface area contributed by atoms with Crippen LogP contribution in [0.4, 0.5) is 0 Å². The average Bonchev–Trinajstić information content (AvgIpc) is 2.56. The van der Waals surface area contributed by atoms with Crippen molar-refractivity contribution in [3.05, 3.63) is 71.9 Å². The highest BCUT2D eigenvalue weighted by Gasteiger charge is 2.12. The van der Waals surface area contributed by atoms with Gasteiger partial charge in [-0.2, -0.15) is 0 Å². The van der Waals surface area contributed by atoms with Crippen molar-refractivity contribution in [2.75, 3.05) is 0 Å². The van der Waals surface area contributed by atoms with Crippen LogP contribution in [0, 0.1) is 0 Å². The lowest BCUT2D eigenvalue weighted by Gasteiger charge is -2.16. The Labute approximate surface area is 129 Å². The van der Waals surface area contributed by atoms with Gasteiger partial charge in [-0.3, -0.25) is 0 Å². The Bertz CT molecular complexity index is 743. The van der Waals surface area contributed by atoms with Crippen molar-refractivity contribution in [2.45, 2.75) is 18.9 Å². The summed E-state index contributed by atoms with van der Waals surface area (Å²) in [4.78, 5) is 4.44. The third-order valence-electron chi connectivity index (χ3n) is 3.54. The topological polar surface area (TPSA) is 22.1 Å². The molecule has 0 N–H and O–H groups in total. The second-order valence-corrected chi connectivity index (χ2v) is 5.21. The van der Waals surface area contributed by atoms with Crippen LogP contribution in [0.1, 0.15) is 24.2 Å². The molecule has 3 heteroatoms. The molecule has 0 fully saturated rings. The van der Waals surface area contributed by atoms with Crippen molar-refractivity contribution in [2.24, 2.45) is 0 Å². The first kappa shape index (κ1) is 13.9. The smallest absolute Gasteiger partial charge is 0.221 e. The van der Waals surface area contributed by atoms with E-state index in [0.29, 0.717) is 11.8 Å². The zero-order valence-corrected chi connectivity index (χ0v) is 12.5. The number of pyridine rings is 1. The molecule has 3 rings (SSSR count). The minimum Gasteiger partial charge on any atom is -0.469 e. The average molecular weight is 298 g/mol. The second kappa shape index (κ2) is 6.15. The summed E-state index contributed by atoms with van der Waals surface area (Å²) < 4.78 is 6.06. The van der Waals surface area contributed by atoms with Gasteiger partial charge in [0.15, 0.2) is 0 Å². The number of hydrogen-bond acceptors (Lipinski definition) is 2. The van der Waals surface area contributed by atoms with Gasteiger partial charge in [0.1, 0.15) is 6.10 Å². The van der Waals surface area contributed by atoms with Crippen LogP contribution in [0.15, 0.2) is 60.8 Å². The fraction of sp³-hybridized carbons (Fsp3) is 0.167. The predicted octanol–water partition coefficient (Wildman–Crippen LogP) is 5.11. The summed E-state index contributed by atoms with van der Waals surface area (Å²) in [5.41, 5.74) is 2.15. The van der Waals surface area contributed by atoms with Gasteiger partial charge in [-0.25, -0.2) is 4.98 Å². The number of nitrogens with zero attached hydrogens (tertiary/aromatic N) is 1. The third kappa shape index (κ3) is 2.86. The number of aromatic nitrogens is 1. The zero-order chi connectivity index (χ0) is 14.7. The first-order valence-electron chi connectivity index (χ1n) is 6.94. The molecule has 0 aliphatic heterocycles. The summed E-state index contributed by atoms with van der Waals surface area (Å²) in [5, 5.41) is 2.09. The predicted molar refractivity (Wildman–Crippen MR) is 86.8 cm³/mol. The van der Waals surface area contributed by atoms with Crippen LogP contribution in [0.5, 0.6) is 5.88 Å². The number of fused-ring (bicyclic) bond motifs is 1. The van der Waals surface area contributed by atoms with Gasteiger partial charge in [-0.1, -0.05) is 48.5 Å². The maximum atomic E-state index is 6.06. The summed E-state index contributed by atoms with van der Waals surface area (Å²) in [6.45, 7) is 2.03. The minimum absolute atomic E-state index is 0.0519. The van der Waals surface area contributed by atoms with E-state index in [-0.39, 0.29) is 6.10 Å². The number of ether oxygens (including phenoxy) is 1. The summed E-state index contributed by atoms with van der Waals surface area (Å²) >= 11 is 5.98. The number of benzene rings is 2. The van der Waals surface area contributed by atoms with E-state index in [0.717, 1.165) is 21.9 Å². The molecule has 1 unspecified atom stereocenters. The molecule has 1 aromatic heterocycles. The third-order valence-corrected chi connectivity index (χ3v) is 3.83. The molecule has 2 aromatic carbocycles. The number of rotatable bonds is 4. The van der Waals surface area contributed by atoms with Gasteiger partial charge in [-0.15, -0.1) is 11.6 Å². The lowest BCUT2D eigenvalue weighted by atomic mass is 10.1. The van der Waals surface area contributed by atoms with Gasteiger partial charge >= 0.3 is 0 Å². The number of hydrogen-bond donors (Lipinski definition) is 0. The Kier molecular flexibility index (Phi) is 4.07. The normalized spacial score (nSPS) is 12.3. The molecule has 21 heavy (non-hydrogen) atoms. The Morgan fingerprint density at radius 3 is 2.38 bits per heavy atom. The Morgan fingerprint density at radius 1 is 1.00 bits per heavy atom. The maximum Gasteiger partial charge on any atom is 0.221 e. The van der Waals surface area contributed by atoms with Crippen LogP contribution in [-0.4, -0.2) is 4.98 Å². The van der Waals surface area contributed by atoms with Gasteiger partial charge in [0.2, 0.25) is 5.88 Å². The number of alkyl halides is 1. The first-order chi connectivity index (χ1) is 10.3. The molecule has 0 aliphatic rings. The lowest BCUT2D eigenvalue weighted by Crippen LogP contribution is -2.05. The van der Waals surface area contributed by atoms with E-state index < -0.39 is 0 Å². The summed E-state index contributed by atoms with van der Waals surface area (Å²) in [7, 11) is 0. The SMILES string of the molecule is CC(Oc1ncc(CCl)c2ccccc12)c1ccccc1. The van der Waals surface area contributed by atoms with E-state index in [4.69, 9.17) is 16.3 Å². The molecule has 0 radical (unpaired) electrons. The van der Waals surface area contributed by atoms with E-state index in [1.54, 1.807) is 6.20 Å². The highest BCUT2D eigenvalue weighted by atomic mass is 35.5. The molecule has 1 heterocycles. The molecule has 0 saturated carbocycles. The van der Waals surface area contributed by atoms with Crippen LogP contribution in [-0.2, 0) is 5.88 Å². The molecule has 0 aliphatic carbocycles. The van der Waals surface area contributed by atoms with Crippen LogP contribution in [0.3, 0.4) is 0 Å². The minimum atomic E-state index is -0.0519. The van der Waals surface area contributed by atoms with Crippen molar-refractivity contribution < 1.29 is 4.74 Å². The maximum absolute atomic E-state index is 6.06. The van der Waals surface area contributed by atoms with E-state index in [1.807, 2.05) is 43.3 Å².